The van der Waals surface area contributed by atoms with E-state index in [9.17, 15) is 0 Å². The largest absolute Gasteiger partial charge is 0.263 e. The topological polar surface area (TPSA) is 46.3 Å². The van der Waals surface area contributed by atoms with Crippen molar-refractivity contribution in [1.29, 1.82) is 0 Å². The molecule has 0 saturated carbocycles. The Hall–Kier alpha value is -3.44. The van der Waals surface area contributed by atoms with Crippen LogP contribution in [0.3, 0.4) is 0 Å². The highest BCUT2D eigenvalue weighted by atomic mass is 35.5. The van der Waals surface area contributed by atoms with Crippen LogP contribution < -0.4 is 5.01 Å². The number of nitrogens with zero attached hydrogens (tertiary/aromatic N) is 5. The van der Waals surface area contributed by atoms with Crippen LogP contribution >= 0.6 is 11.6 Å². The minimum atomic E-state index is 0.588. The van der Waals surface area contributed by atoms with Gasteiger partial charge in [-0.25, -0.2) is 5.01 Å². The van der Waals surface area contributed by atoms with Crippen LogP contribution in [0.15, 0.2) is 77.9 Å². The summed E-state index contributed by atoms with van der Waals surface area (Å²) < 4.78 is 2.07. The third kappa shape index (κ3) is 3.27. The Morgan fingerprint density at radius 1 is 0.867 bits per heavy atom. The molecule has 0 atom stereocenters. The van der Waals surface area contributed by atoms with Crippen LogP contribution in [-0.2, 0) is 6.54 Å². The number of aryl methyl sites for hydroxylation is 2. The fourth-order valence-corrected chi connectivity index (χ4v) is 3.93. The minimum absolute atomic E-state index is 0.588. The lowest BCUT2D eigenvalue weighted by Gasteiger charge is -2.18. The van der Waals surface area contributed by atoms with Gasteiger partial charge in [0.15, 0.2) is 0 Å². The number of para-hydroxylation sites is 1. The second kappa shape index (κ2) is 7.43. The molecule has 148 valence electrons. The number of hydrogen-bond acceptors (Lipinski definition) is 4. The third-order valence-corrected chi connectivity index (χ3v) is 5.44. The maximum atomic E-state index is 6.14. The smallest absolute Gasteiger partial charge is 0.252 e. The van der Waals surface area contributed by atoms with Crippen molar-refractivity contribution in [3.05, 3.63) is 106 Å². The van der Waals surface area contributed by atoms with Gasteiger partial charge in [0.2, 0.25) is 0 Å². The van der Waals surface area contributed by atoms with Crippen LogP contribution in [0.5, 0.6) is 0 Å². The lowest BCUT2D eigenvalue weighted by molar-refractivity contribution is 0.795. The SMILES string of the molecule is Cc1cccc(CN2N=C(c3ccc(Cl)cc3)c3ccccc3-n3c(C)nnc32)c1. The second-order valence-electron chi connectivity index (χ2n) is 7.40. The lowest BCUT2D eigenvalue weighted by atomic mass is 10.0. The summed E-state index contributed by atoms with van der Waals surface area (Å²) in [5.41, 5.74) is 6.28. The molecule has 1 aliphatic rings. The van der Waals surface area contributed by atoms with Crippen LogP contribution in [0.1, 0.15) is 28.1 Å². The zero-order valence-electron chi connectivity index (χ0n) is 16.7. The van der Waals surface area contributed by atoms with E-state index in [1.54, 1.807) is 0 Å². The zero-order valence-corrected chi connectivity index (χ0v) is 17.5. The van der Waals surface area contributed by atoms with E-state index in [0.29, 0.717) is 17.5 Å². The maximum Gasteiger partial charge on any atom is 0.252 e. The van der Waals surface area contributed by atoms with E-state index >= 15 is 0 Å². The Bertz CT molecular complexity index is 1260. The predicted octanol–water partition coefficient (Wildman–Crippen LogP) is 5.31. The van der Waals surface area contributed by atoms with Crippen LogP contribution in [0.25, 0.3) is 5.69 Å². The molecule has 0 N–H and O–H groups in total. The van der Waals surface area contributed by atoms with Crippen molar-refractivity contribution in [2.45, 2.75) is 20.4 Å². The highest BCUT2D eigenvalue weighted by Crippen LogP contribution is 2.30. The van der Waals surface area contributed by atoms with Gasteiger partial charge in [0.05, 0.1) is 12.2 Å². The molecule has 0 fully saturated rings. The number of hydrazone groups is 1. The first kappa shape index (κ1) is 18.6. The third-order valence-electron chi connectivity index (χ3n) is 5.19. The van der Waals surface area contributed by atoms with Gasteiger partial charge in [-0.1, -0.05) is 71.8 Å². The molecule has 2 heterocycles. The maximum absolute atomic E-state index is 6.14. The molecule has 1 aromatic heterocycles. The molecule has 3 aromatic carbocycles. The molecule has 4 aromatic rings. The van der Waals surface area contributed by atoms with E-state index in [0.717, 1.165) is 33.9 Å². The van der Waals surface area contributed by atoms with E-state index in [2.05, 4.69) is 58.1 Å². The van der Waals surface area contributed by atoms with Gasteiger partial charge < -0.3 is 0 Å². The van der Waals surface area contributed by atoms with Gasteiger partial charge in [-0.15, -0.1) is 10.2 Å². The number of anilines is 1. The van der Waals surface area contributed by atoms with E-state index < -0.39 is 0 Å². The van der Waals surface area contributed by atoms with Crippen LogP contribution in [0, 0.1) is 13.8 Å². The number of fused-ring (bicyclic) bond motifs is 3. The molecule has 0 unspecified atom stereocenters. The van der Waals surface area contributed by atoms with E-state index in [1.807, 2.05) is 48.3 Å². The molecule has 0 radical (unpaired) electrons. The van der Waals surface area contributed by atoms with Crippen molar-refractivity contribution < 1.29 is 0 Å². The predicted molar refractivity (Wildman–Crippen MR) is 121 cm³/mol. The quantitative estimate of drug-likeness (QED) is 0.457. The minimum Gasteiger partial charge on any atom is -0.263 e. The fraction of sp³-hybridized carbons (Fsp3) is 0.125. The van der Waals surface area contributed by atoms with Crippen molar-refractivity contribution >= 4 is 23.3 Å². The molecule has 1 aliphatic heterocycles. The molecule has 0 amide bonds. The first-order valence-corrected chi connectivity index (χ1v) is 10.2. The summed E-state index contributed by atoms with van der Waals surface area (Å²) in [5, 5.41) is 16.5. The molecule has 5 nitrogen and oxygen atoms in total. The van der Waals surface area contributed by atoms with Crippen LogP contribution in [0.4, 0.5) is 5.95 Å². The Kier molecular flexibility index (Phi) is 4.60. The highest BCUT2D eigenvalue weighted by Gasteiger charge is 2.26. The van der Waals surface area contributed by atoms with E-state index in [4.69, 9.17) is 16.7 Å². The summed E-state index contributed by atoms with van der Waals surface area (Å²) in [6.07, 6.45) is 0. The standard InChI is InChI=1S/C24H20ClN5/c1-16-6-5-7-18(14-16)15-29-24-27-26-17(2)30(24)22-9-4-3-8-21(22)23(28-29)19-10-12-20(25)13-11-19/h3-14H,15H2,1-2H3. The van der Waals surface area contributed by atoms with Crippen molar-refractivity contribution in [2.75, 3.05) is 5.01 Å². The highest BCUT2D eigenvalue weighted by molar-refractivity contribution is 6.30. The first-order chi connectivity index (χ1) is 14.6. The average Bonchev–Trinajstić information content (AvgIpc) is 3.07. The number of hydrogen-bond donors (Lipinski definition) is 0. The number of benzene rings is 3. The van der Waals surface area contributed by atoms with E-state index in [-0.39, 0.29) is 0 Å². The summed E-state index contributed by atoms with van der Waals surface area (Å²) in [7, 11) is 0. The normalized spacial score (nSPS) is 12.8. The molecule has 0 saturated heterocycles. The number of aromatic nitrogens is 3. The number of halogens is 1. The molecule has 0 bridgehead atoms. The van der Waals surface area contributed by atoms with Gasteiger partial charge in [0, 0.05) is 16.1 Å². The number of rotatable bonds is 3. The van der Waals surface area contributed by atoms with E-state index in [1.165, 1.54) is 5.56 Å². The van der Waals surface area contributed by atoms with Gasteiger partial charge in [-0.05, 0) is 37.6 Å². The Labute approximate surface area is 180 Å². The van der Waals surface area contributed by atoms with Crippen LogP contribution in [0.2, 0.25) is 5.02 Å². The Balaban J connectivity index is 1.73. The Morgan fingerprint density at radius 2 is 1.67 bits per heavy atom. The van der Waals surface area contributed by atoms with Gasteiger partial charge in [-0.2, -0.15) is 5.10 Å². The van der Waals surface area contributed by atoms with Gasteiger partial charge in [0.25, 0.3) is 5.95 Å². The van der Waals surface area contributed by atoms with Crippen LogP contribution in [-0.4, -0.2) is 20.5 Å². The van der Waals surface area contributed by atoms with Crippen molar-refractivity contribution in [3.8, 4) is 5.69 Å². The first-order valence-electron chi connectivity index (χ1n) is 9.79. The molecular formula is C24H20ClN5. The molecule has 0 spiro atoms. The summed E-state index contributed by atoms with van der Waals surface area (Å²) >= 11 is 6.14. The fourth-order valence-electron chi connectivity index (χ4n) is 3.80. The lowest BCUT2D eigenvalue weighted by Crippen LogP contribution is -2.20. The van der Waals surface area contributed by atoms with Gasteiger partial charge in [-0.3, -0.25) is 4.57 Å². The summed E-state index contributed by atoms with van der Waals surface area (Å²) in [4.78, 5) is 0. The zero-order chi connectivity index (χ0) is 20.7. The summed E-state index contributed by atoms with van der Waals surface area (Å²) in [6.45, 7) is 4.65. The molecule has 0 aliphatic carbocycles. The van der Waals surface area contributed by atoms with Gasteiger partial charge in [0.1, 0.15) is 11.5 Å². The monoisotopic (exact) mass is 413 g/mol. The average molecular weight is 414 g/mol. The molecule has 6 heteroatoms. The Morgan fingerprint density at radius 3 is 2.47 bits per heavy atom. The molecular weight excluding hydrogens is 394 g/mol. The molecule has 30 heavy (non-hydrogen) atoms. The van der Waals surface area contributed by atoms with Gasteiger partial charge >= 0.3 is 0 Å². The summed E-state index contributed by atoms with van der Waals surface area (Å²) in [6, 6.07) is 24.4. The van der Waals surface area contributed by atoms with Crippen molar-refractivity contribution in [2.24, 2.45) is 5.10 Å². The second-order valence-corrected chi connectivity index (χ2v) is 7.84. The summed E-state index contributed by atoms with van der Waals surface area (Å²) in [5.74, 6) is 1.52. The molecule has 5 rings (SSSR count). The van der Waals surface area contributed by atoms with Crippen molar-refractivity contribution in [3.63, 3.8) is 0 Å². The van der Waals surface area contributed by atoms with Crippen molar-refractivity contribution in [1.82, 2.24) is 14.8 Å².